The molecule has 0 spiro atoms. The third-order valence-electron chi connectivity index (χ3n) is 1.82. The Bertz CT molecular complexity index is 282. The van der Waals surface area contributed by atoms with Gasteiger partial charge in [-0.1, -0.05) is 0 Å². The van der Waals surface area contributed by atoms with E-state index in [0.29, 0.717) is 0 Å². The molecule has 0 radical (unpaired) electrons. The average Bonchev–Trinajstić information content (AvgIpc) is 2.58. The van der Waals surface area contributed by atoms with Gasteiger partial charge in [0.25, 0.3) is 0 Å². The van der Waals surface area contributed by atoms with Gasteiger partial charge in [-0.2, -0.15) is 5.10 Å². The maximum absolute atomic E-state index is 4.26. The summed E-state index contributed by atoms with van der Waals surface area (Å²) >= 11 is 0. The summed E-state index contributed by atoms with van der Waals surface area (Å²) in [5, 5.41) is 3.92. The molecule has 0 saturated carbocycles. The maximum atomic E-state index is 4.26. The molecule has 2 rings (SSSR count). The lowest BCUT2D eigenvalue weighted by Gasteiger charge is -2.07. The summed E-state index contributed by atoms with van der Waals surface area (Å²) in [6, 6.07) is 0.220. The van der Waals surface area contributed by atoms with Crippen molar-refractivity contribution < 1.29 is 0 Å². The number of aromatic nitrogens is 2. The van der Waals surface area contributed by atoms with Crippen molar-refractivity contribution in [1.29, 1.82) is 0 Å². The summed E-state index contributed by atoms with van der Waals surface area (Å²) in [7, 11) is 0. The summed E-state index contributed by atoms with van der Waals surface area (Å²) in [5.41, 5.74) is 4.86. The Labute approximate surface area is 70.7 Å². The normalized spacial score (nSPS) is 20.9. The van der Waals surface area contributed by atoms with Gasteiger partial charge in [0.1, 0.15) is 0 Å². The molecule has 0 aromatic carbocycles. The smallest absolute Gasteiger partial charge is 0.0925 e. The quantitative estimate of drug-likeness (QED) is 0.664. The van der Waals surface area contributed by atoms with Crippen molar-refractivity contribution in [3.8, 4) is 0 Å². The molecule has 62 valence electrons. The highest BCUT2D eigenvalue weighted by molar-refractivity contribution is 5.60. The SMILES string of the molecule is Cc1cnc(C2CC=NN2)cn1. The van der Waals surface area contributed by atoms with E-state index in [9.17, 15) is 0 Å². The van der Waals surface area contributed by atoms with Crippen LogP contribution in [0.5, 0.6) is 0 Å². The van der Waals surface area contributed by atoms with Crippen LogP contribution in [-0.2, 0) is 0 Å². The summed E-state index contributed by atoms with van der Waals surface area (Å²) < 4.78 is 0. The molecule has 4 heteroatoms. The highest BCUT2D eigenvalue weighted by Crippen LogP contribution is 2.14. The Kier molecular flexibility index (Phi) is 1.74. The highest BCUT2D eigenvalue weighted by atomic mass is 15.3. The minimum atomic E-state index is 0.220. The molecule has 1 aliphatic rings. The van der Waals surface area contributed by atoms with Gasteiger partial charge in [-0.25, -0.2) is 0 Å². The second kappa shape index (κ2) is 2.89. The number of aryl methyl sites for hydroxylation is 1. The van der Waals surface area contributed by atoms with Gasteiger partial charge in [0, 0.05) is 18.8 Å². The molecule has 0 amide bonds. The van der Waals surface area contributed by atoms with E-state index < -0.39 is 0 Å². The van der Waals surface area contributed by atoms with Gasteiger partial charge >= 0.3 is 0 Å². The number of hydrogen-bond acceptors (Lipinski definition) is 4. The van der Waals surface area contributed by atoms with Crippen LogP contribution in [0.2, 0.25) is 0 Å². The summed E-state index contributed by atoms with van der Waals surface area (Å²) in [4.78, 5) is 8.42. The van der Waals surface area contributed by atoms with Gasteiger partial charge in [-0.3, -0.25) is 9.97 Å². The number of hydrazone groups is 1. The third-order valence-corrected chi connectivity index (χ3v) is 1.82. The van der Waals surface area contributed by atoms with Gasteiger partial charge in [0.2, 0.25) is 0 Å². The van der Waals surface area contributed by atoms with Crippen LogP contribution in [0.1, 0.15) is 23.9 Å². The Morgan fingerprint density at radius 2 is 2.33 bits per heavy atom. The molecule has 0 aliphatic carbocycles. The van der Waals surface area contributed by atoms with Crippen LogP contribution in [-0.4, -0.2) is 16.2 Å². The van der Waals surface area contributed by atoms with Crippen LogP contribution in [0.15, 0.2) is 17.5 Å². The van der Waals surface area contributed by atoms with Gasteiger partial charge in [-0.15, -0.1) is 0 Å². The molecule has 1 aliphatic heterocycles. The van der Waals surface area contributed by atoms with Gasteiger partial charge in [-0.05, 0) is 6.92 Å². The van der Waals surface area contributed by atoms with Crippen molar-refractivity contribution >= 4 is 6.21 Å². The predicted molar refractivity (Wildman–Crippen MR) is 45.8 cm³/mol. The second-order valence-electron chi connectivity index (χ2n) is 2.81. The molecule has 2 heterocycles. The highest BCUT2D eigenvalue weighted by Gasteiger charge is 2.14. The molecule has 12 heavy (non-hydrogen) atoms. The monoisotopic (exact) mass is 162 g/mol. The van der Waals surface area contributed by atoms with Crippen LogP contribution in [0.25, 0.3) is 0 Å². The summed E-state index contributed by atoms with van der Waals surface area (Å²) in [5.74, 6) is 0. The van der Waals surface area contributed by atoms with Crippen molar-refractivity contribution in [2.75, 3.05) is 0 Å². The predicted octanol–water partition coefficient (Wildman–Crippen LogP) is 0.805. The fourth-order valence-corrected chi connectivity index (χ4v) is 1.12. The molecule has 1 aromatic rings. The standard InChI is InChI=1S/C8H10N4/c1-6-4-10-8(5-9-6)7-2-3-11-12-7/h3-5,7,12H,2H2,1H3. The van der Waals surface area contributed by atoms with Crippen LogP contribution in [0, 0.1) is 6.92 Å². The topological polar surface area (TPSA) is 50.2 Å². The Balaban J connectivity index is 2.18. The van der Waals surface area contributed by atoms with E-state index in [-0.39, 0.29) is 6.04 Å². The zero-order chi connectivity index (χ0) is 8.39. The lowest BCUT2D eigenvalue weighted by atomic mass is 10.2. The third kappa shape index (κ3) is 1.28. The molecule has 1 atom stereocenters. The Morgan fingerprint density at radius 3 is 2.92 bits per heavy atom. The zero-order valence-corrected chi connectivity index (χ0v) is 6.86. The van der Waals surface area contributed by atoms with Crippen LogP contribution in [0.4, 0.5) is 0 Å². The zero-order valence-electron chi connectivity index (χ0n) is 6.86. The Morgan fingerprint density at radius 1 is 1.42 bits per heavy atom. The first-order chi connectivity index (χ1) is 5.86. The molecule has 1 unspecified atom stereocenters. The minimum Gasteiger partial charge on any atom is -0.301 e. The molecule has 1 aromatic heterocycles. The average molecular weight is 162 g/mol. The van der Waals surface area contributed by atoms with E-state index in [1.807, 2.05) is 13.1 Å². The van der Waals surface area contributed by atoms with E-state index in [2.05, 4.69) is 20.5 Å². The molecule has 0 saturated heterocycles. The first-order valence-corrected chi connectivity index (χ1v) is 3.92. The fourth-order valence-electron chi connectivity index (χ4n) is 1.12. The summed E-state index contributed by atoms with van der Waals surface area (Å²) in [6.45, 7) is 1.93. The second-order valence-corrected chi connectivity index (χ2v) is 2.81. The van der Waals surface area contributed by atoms with Crippen molar-refractivity contribution in [2.45, 2.75) is 19.4 Å². The van der Waals surface area contributed by atoms with E-state index in [0.717, 1.165) is 17.8 Å². The minimum absolute atomic E-state index is 0.220. The lowest BCUT2D eigenvalue weighted by Crippen LogP contribution is -2.11. The fraction of sp³-hybridized carbons (Fsp3) is 0.375. The van der Waals surface area contributed by atoms with Gasteiger partial charge in [0.05, 0.1) is 23.6 Å². The number of nitrogens with one attached hydrogen (secondary N) is 1. The largest absolute Gasteiger partial charge is 0.301 e. The van der Waals surface area contributed by atoms with Crippen molar-refractivity contribution in [1.82, 2.24) is 15.4 Å². The van der Waals surface area contributed by atoms with Crippen LogP contribution >= 0.6 is 0 Å². The van der Waals surface area contributed by atoms with E-state index in [1.54, 1.807) is 12.4 Å². The van der Waals surface area contributed by atoms with Gasteiger partial charge in [0.15, 0.2) is 0 Å². The number of hydrogen-bond donors (Lipinski definition) is 1. The first-order valence-electron chi connectivity index (χ1n) is 3.92. The first kappa shape index (κ1) is 7.21. The maximum Gasteiger partial charge on any atom is 0.0925 e. The van der Waals surface area contributed by atoms with E-state index >= 15 is 0 Å². The van der Waals surface area contributed by atoms with E-state index in [1.165, 1.54) is 0 Å². The molecular formula is C8H10N4. The molecule has 4 nitrogen and oxygen atoms in total. The molecule has 0 fully saturated rings. The lowest BCUT2D eigenvalue weighted by molar-refractivity contribution is 0.599. The molecule has 0 bridgehead atoms. The van der Waals surface area contributed by atoms with E-state index in [4.69, 9.17) is 0 Å². The van der Waals surface area contributed by atoms with Crippen LogP contribution in [0.3, 0.4) is 0 Å². The summed E-state index contributed by atoms with van der Waals surface area (Å²) in [6.07, 6.45) is 6.32. The van der Waals surface area contributed by atoms with Crippen molar-refractivity contribution in [3.05, 3.63) is 23.8 Å². The number of rotatable bonds is 1. The Hall–Kier alpha value is -1.45. The van der Waals surface area contributed by atoms with Gasteiger partial charge < -0.3 is 5.43 Å². The number of nitrogens with zero attached hydrogens (tertiary/aromatic N) is 3. The van der Waals surface area contributed by atoms with Crippen molar-refractivity contribution in [3.63, 3.8) is 0 Å². The molecular weight excluding hydrogens is 152 g/mol. The van der Waals surface area contributed by atoms with Crippen molar-refractivity contribution in [2.24, 2.45) is 5.10 Å². The van der Waals surface area contributed by atoms with Crippen LogP contribution < -0.4 is 5.43 Å². The molecule has 1 N–H and O–H groups in total.